The molecule has 8 aromatic rings. The van der Waals surface area contributed by atoms with Crippen molar-refractivity contribution in [3.63, 3.8) is 0 Å². The minimum atomic E-state index is 0.0422. The minimum Gasteiger partial charge on any atom is -0.497 e. The number of ether oxygens (including phenoxy) is 2. The third-order valence-corrected chi connectivity index (χ3v) is 15.4. The second-order valence-electron chi connectivity index (χ2n) is 20.5. The first-order valence-electron chi connectivity index (χ1n) is 27.3. The fourth-order valence-electron chi connectivity index (χ4n) is 11.3. The van der Waals surface area contributed by atoms with Crippen molar-refractivity contribution >= 4 is 34.1 Å². The molecule has 0 saturated heterocycles. The number of fused-ring (bicyclic) bond motifs is 3. The molecule has 9 rings (SSSR count). The number of unbranched alkanes of at least 4 members (excludes halogenated alkanes) is 10. The number of rotatable bonds is 24. The monoisotopic (exact) mass is 965 g/mol. The van der Waals surface area contributed by atoms with Gasteiger partial charge in [-0.15, -0.1) is 0 Å². The molecule has 0 saturated carbocycles. The normalized spacial score (nSPS) is 12.3. The Hall–Kier alpha value is -7.04. The number of aryl methyl sites for hydroxylation is 2. The molecule has 4 nitrogen and oxygen atoms in total. The van der Waals surface area contributed by atoms with Gasteiger partial charge in [0, 0.05) is 39.5 Å². The standard InChI is InChI=1S/C69H76N2O2/c1-7-9-11-13-15-17-47-69(48-18-16-14-12-10-8-2)67-49-52(4)21-45-65(67)66-46-28-56(50-68(66)69)55-26-35-60(36-27-55)71(62-39-43-64(73-6)44-40-62)59-33-24-54(25-34-59)53-22-31-58(32-23-53)70(57-29-19-51(3)20-30-57)61-37-41-63(72-5)42-38-61/h19-46,49-50H,7-18,47-48H2,1-6H3. The van der Waals surface area contributed by atoms with E-state index < -0.39 is 0 Å². The van der Waals surface area contributed by atoms with Crippen molar-refractivity contribution in [1.82, 2.24) is 0 Å². The van der Waals surface area contributed by atoms with Crippen molar-refractivity contribution in [3.8, 4) is 44.9 Å². The van der Waals surface area contributed by atoms with Gasteiger partial charge < -0.3 is 19.3 Å². The Morgan fingerprint density at radius 3 is 1.05 bits per heavy atom. The van der Waals surface area contributed by atoms with E-state index in [1.165, 1.54) is 123 Å². The Balaban J connectivity index is 1.01. The first kappa shape index (κ1) is 50.9. The van der Waals surface area contributed by atoms with Crippen molar-refractivity contribution in [2.24, 2.45) is 0 Å². The maximum Gasteiger partial charge on any atom is 0.119 e. The molecule has 0 heterocycles. The second-order valence-corrected chi connectivity index (χ2v) is 20.5. The molecule has 0 aromatic heterocycles. The minimum absolute atomic E-state index is 0.0422. The van der Waals surface area contributed by atoms with Crippen molar-refractivity contribution in [3.05, 3.63) is 204 Å². The van der Waals surface area contributed by atoms with E-state index in [-0.39, 0.29) is 5.41 Å². The quantitative estimate of drug-likeness (QED) is 0.0564. The molecule has 374 valence electrons. The highest BCUT2D eigenvalue weighted by Gasteiger charge is 2.42. The average molecular weight is 965 g/mol. The van der Waals surface area contributed by atoms with Crippen LogP contribution in [0.1, 0.15) is 126 Å². The molecule has 4 heteroatoms. The Labute approximate surface area is 437 Å². The summed E-state index contributed by atoms with van der Waals surface area (Å²) in [6.07, 6.45) is 18.3. The van der Waals surface area contributed by atoms with Crippen LogP contribution < -0.4 is 19.3 Å². The molecule has 8 aromatic carbocycles. The van der Waals surface area contributed by atoms with E-state index in [4.69, 9.17) is 9.47 Å². The zero-order valence-corrected chi connectivity index (χ0v) is 44.4. The lowest BCUT2D eigenvalue weighted by Gasteiger charge is -2.33. The van der Waals surface area contributed by atoms with Gasteiger partial charge in [-0.1, -0.05) is 181 Å². The molecule has 0 atom stereocenters. The second kappa shape index (κ2) is 24.1. The molecule has 0 aliphatic heterocycles. The molecule has 0 amide bonds. The lowest BCUT2D eigenvalue weighted by Crippen LogP contribution is -2.25. The van der Waals surface area contributed by atoms with Crippen LogP contribution in [0.4, 0.5) is 34.1 Å². The molecule has 0 spiro atoms. The lowest BCUT2D eigenvalue weighted by atomic mass is 9.70. The SMILES string of the molecule is CCCCCCCCC1(CCCCCCCC)c2cc(C)ccc2-c2ccc(-c3ccc(N(c4ccc(OC)cc4)c4ccc(-c5ccc(N(c6ccc(C)cc6)c6ccc(OC)cc6)cc5)cc4)cc3)cc21. The van der Waals surface area contributed by atoms with Gasteiger partial charge in [0.05, 0.1) is 14.2 Å². The van der Waals surface area contributed by atoms with Crippen molar-refractivity contribution in [2.75, 3.05) is 24.0 Å². The molecule has 0 bridgehead atoms. The first-order valence-corrected chi connectivity index (χ1v) is 27.3. The molecule has 0 unspecified atom stereocenters. The first-order chi connectivity index (χ1) is 35.8. The van der Waals surface area contributed by atoms with Crippen LogP contribution in [-0.4, -0.2) is 14.2 Å². The summed E-state index contributed by atoms with van der Waals surface area (Å²) in [5.41, 5.74) is 20.0. The third kappa shape index (κ3) is 11.6. The third-order valence-electron chi connectivity index (χ3n) is 15.4. The van der Waals surface area contributed by atoms with Crippen LogP contribution in [0.5, 0.6) is 11.5 Å². The number of methoxy groups -OCH3 is 2. The van der Waals surface area contributed by atoms with E-state index in [0.717, 1.165) is 56.8 Å². The predicted octanol–water partition coefficient (Wildman–Crippen LogP) is 20.4. The largest absolute Gasteiger partial charge is 0.497 e. The number of hydrogen-bond donors (Lipinski definition) is 0. The van der Waals surface area contributed by atoms with Crippen LogP contribution in [0.25, 0.3) is 33.4 Å². The Morgan fingerprint density at radius 2 is 0.644 bits per heavy atom. The van der Waals surface area contributed by atoms with Gasteiger partial charge in [0.2, 0.25) is 0 Å². The fraction of sp³-hybridized carbons (Fsp3) is 0.304. The summed E-state index contributed by atoms with van der Waals surface area (Å²) in [5, 5.41) is 0. The maximum atomic E-state index is 5.61. The van der Waals surface area contributed by atoms with Gasteiger partial charge in [-0.25, -0.2) is 0 Å². The molecule has 1 aliphatic rings. The lowest BCUT2D eigenvalue weighted by molar-refractivity contribution is 0.398. The highest BCUT2D eigenvalue weighted by Crippen LogP contribution is 2.55. The fourth-order valence-corrected chi connectivity index (χ4v) is 11.3. The van der Waals surface area contributed by atoms with Crippen LogP contribution in [0, 0.1) is 13.8 Å². The number of benzene rings is 8. The molecule has 1 aliphatic carbocycles. The summed E-state index contributed by atoms with van der Waals surface area (Å²) in [5.74, 6) is 1.67. The predicted molar refractivity (Wildman–Crippen MR) is 311 cm³/mol. The molecule has 73 heavy (non-hydrogen) atoms. The van der Waals surface area contributed by atoms with Crippen molar-refractivity contribution < 1.29 is 9.47 Å². The van der Waals surface area contributed by atoms with Gasteiger partial charge in [-0.05, 0) is 174 Å². The number of nitrogens with zero attached hydrogens (tertiary/aromatic N) is 2. The van der Waals surface area contributed by atoms with Crippen LogP contribution in [-0.2, 0) is 5.41 Å². The van der Waals surface area contributed by atoms with Gasteiger partial charge in [0.25, 0.3) is 0 Å². The van der Waals surface area contributed by atoms with Crippen LogP contribution in [0.3, 0.4) is 0 Å². The summed E-state index contributed by atoms with van der Waals surface area (Å²) in [7, 11) is 3.43. The average Bonchev–Trinajstić information content (AvgIpc) is 3.70. The molecular weight excluding hydrogens is 889 g/mol. The Morgan fingerprint density at radius 1 is 0.329 bits per heavy atom. The van der Waals surface area contributed by atoms with Crippen LogP contribution >= 0.6 is 0 Å². The molecule has 0 radical (unpaired) electrons. The van der Waals surface area contributed by atoms with E-state index in [1.807, 2.05) is 24.3 Å². The van der Waals surface area contributed by atoms with E-state index in [1.54, 1.807) is 25.3 Å². The summed E-state index contributed by atoms with van der Waals surface area (Å²) in [4.78, 5) is 4.63. The zero-order valence-electron chi connectivity index (χ0n) is 44.4. The Bertz CT molecular complexity index is 2980. The Kier molecular flexibility index (Phi) is 16.8. The van der Waals surface area contributed by atoms with Gasteiger partial charge in [-0.2, -0.15) is 0 Å². The molecular formula is C69H76N2O2. The maximum absolute atomic E-state index is 5.61. The van der Waals surface area contributed by atoms with E-state index in [9.17, 15) is 0 Å². The molecule has 0 fully saturated rings. The highest BCUT2D eigenvalue weighted by molar-refractivity contribution is 5.86. The smallest absolute Gasteiger partial charge is 0.119 e. The van der Waals surface area contributed by atoms with Gasteiger partial charge >= 0.3 is 0 Å². The summed E-state index contributed by atoms with van der Waals surface area (Å²) in [6.45, 7) is 9.04. The van der Waals surface area contributed by atoms with Crippen LogP contribution in [0.15, 0.2) is 182 Å². The zero-order chi connectivity index (χ0) is 50.6. The van der Waals surface area contributed by atoms with E-state index in [0.29, 0.717) is 0 Å². The molecule has 0 N–H and O–H groups in total. The van der Waals surface area contributed by atoms with Gasteiger partial charge in [0.15, 0.2) is 0 Å². The number of hydrogen-bond acceptors (Lipinski definition) is 4. The van der Waals surface area contributed by atoms with Gasteiger partial charge in [-0.3, -0.25) is 0 Å². The van der Waals surface area contributed by atoms with Crippen molar-refractivity contribution in [2.45, 2.75) is 123 Å². The highest BCUT2D eigenvalue weighted by atomic mass is 16.5. The van der Waals surface area contributed by atoms with E-state index in [2.05, 4.69) is 195 Å². The summed E-state index contributed by atoms with van der Waals surface area (Å²) >= 11 is 0. The van der Waals surface area contributed by atoms with E-state index >= 15 is 0 Å². The summed E-state index contributed by atoms with van der Waals surface area (Å²) < 4.78 is 11.1. The van der Waals surface area contributed by atoms with Crippen molar-refractivity contribution in [1.29, 1.82) is 0 Å². The van der Waals surface area contributed by atoms with Crippen LogP contribution in [0.2, 0.25) is 0 Å². The topological polar surface area (TPSA) is 24.9 Å². The number of anilines is 6. The summed E-state index contributed by atoms with van der Waals surface area (Å²) in [6, 6.07) is 67.1. The van der Waals surface area contributed by atoms with Gasteiger partial charge in [0.1, 0.15) is 11.5 Å².